The fourth-order valence-corrected chi connectivity index (χ4v) is 3.34. The van der Waals surface area contributed by atoms with Gasteiger partial charge in [0.25, 0.3) is 10.1 Å². The van der Waals surface area contributed by atoms with Crippen LogP contribution in [0.1, 0.15) is 0 Å². The molecule has 4 rings (SSSR count). The molecule has 0 saturated heterocycles. The van der Waals surface area contributed by atoms with Crippen molar-refractivity contribution >= 4 is 21.2 Å². The zero-order valence-electron chi connectivity index (χ0n) is 13.1. The number of hydrogen-bond acceptors (Lipinski definition) is 3. The Morgan fingerprint density at radius 2 is 1.48 bits per heavy atom. The first kappa shape index (κ1) is 15.6. The summed E-state index contributed by atoms with van der Waals surface area (Å²) in [6.45, 7) is 0. The molecule has 5 nitrogen and oxygen atoms in total. The van der Waals surface area contributed by atoms with Gasteiger partial charge in [0, 0.05) is 11.3 Å². The number of benzene rings is 3. The van der Waals surface area contributed by atoms with Crippen molar-refractivity contribution in [1.82, 2.24) is 9.55 Å². The van der Waals surface area contributed by atoms with Crippen molar-refractivity contribution in [3.63, 3.8) is 0 Å². The minimum atomic E-state index is -4.28. The van der Waals surface area contributed by atoms with Crippen LogP contribution in [0.2, 0.25) is 0 Å². The number of nitrogens with zero attached hydrogens (tertiary/aromatic N) is 2. The number of rotatable bonds is 3. The second kappa shape index (κ2) is 5.84. The molecule has 4 aromatic rings. The number of imidazole rings is 1. The van der Waals surface area contributed by atoms with Crippen molar-refractivity contribution in [2.24, 2.45) is 0 Å². The van der Waals surface area contributed by atoms with Crippen LogP contribution >= 0.6 is 0 Å². The standard InChI is InChI=1S/C19H14N2O3S/c22-25(23,24)16-11-12-18-17(13-16)20-19(14-7-3-1-4-8-14)21(18)15-9-5-2-6-10-15/h1-13H,(H,22,23,24). The number of aromatic nitrogens is 2. The quantitative estimate of drug-likeness (QED) is 0.568. The average molecular weight is 350 g/mol. The van der Waals surface area contributed by atoms with Gasteiger partial charge in [0.15, 0.2) is 0 Å². The summed E-state index contributed by atoms with van der Waals surface area (Å²) in [4.78, 5) is 4.45. The lowest BCUT2D eigenvalue weighted by Crippen LogP contribution is -1.99. The third-order valence-corrected chi connectivity index (χ3v) is 4.82. The minimum absolute atomic E-state index is 0.169. The summed E-state index contributed by atoms with van der Waals surface area (Å²) in [5.41, 5.74) is 3.09. The van der Waals surface area contributed by atoms with Gasteiger partial charge in [-0.2, -0.15) is 8.42 Å². The monoisotopic (exact) mass is 350 g/mol. The second-order valence-electron chi connectivity index (χ2n) is 5.60. The molecule has 0 spiro atoms. The van der Waals surface area contributed by atoms with Gasteiger partial charge in [-0.25, -0.2) is 4.98 Å². The van der Waals surface area contributed by atoms with Gasteiger partial charge in [-0.05, 0) is 30.3 Å². The number of para-hydroxylation sites is 1. The Kier molecular flexibility index (Phi) is 3.63. The maximum absolute atomic E-state index is 11.4. The molecule has 0 aliphatic heterocycles. The molecule has 0 radical (unpaired) electrons. The van der Waals surface area contributed by atoms with E-state index >= 15 is 0 Å². The van der Waals surface area contributed by atoms with Gasteiger partial charge in [-0.1, -0.05) is 48.5 Å². The van der Waals surface area contributed by atoms with E-state index in [0.29, 0.717) is 11.3 Å². The van der Waals surface area contributed by atoms with E-state index in [-0.39, 0.29) is 4.90 Å². The Balaban J connectivity index is 2.06. The van der Waals surface area contributed by atoms with Crippen LogP contribution in [-0.2, 0) is 10.1 Å². The van der Waals surface area contributed by atoms with Gasteiger partial charge in [-0.3, -0.25) is 9.12 Å². The van der Waals surface area contributed by atoms with E-state index in [1.165, 1.54) is 12.1 Å². The lowest BCUT2D eigenvalue weighted by molar-refractivity contribution is 0.483. The van der Waals surface area contributed by atoms with Gasteiger partial charge in [0.05, 0.1) is 15.9 Å². The molecule has 25 heavy (non-hydrogen) atoms. The third kappa shape index (κ3) is 2.82. The summed E-state index contributed by atoms with van der Waals surface area (Å²) in [7, 11) is -4.28. The minimum Gasteiger partial charge on any atom is -0.292 e. The van der Waals surface area contributed by atoms with Crippen LogP contribution in [0.25, 0.3) is 28.1 Å². The molecule has 0 aliphatic carbocycles. The van der Waals surface area contributed by atoms with E-state index in [1.807, 2.05) is 65.2 Å². The maximum atomic E-state index is 11.4. The van der Waals surface area contributed by atoms with Crippen molar-refractivity contribution in [1.29, 1.82) is 0 Å². The van der Waals surface area contributed by atoms with Gasteiger partial charge in [-0.15, -0.1) is 0 Å². The number of hydrogen-bond donors (Lipinski definition) is 1. The molecular formula is C19H14N2O3S. The predicted octanol–water partition coefficient (Wildman–Crippen LogP) is 3.94. The molecule has 0 saturated carbocycles. The average Bonchev–Trinajstić information content (AvgIpc) is 3.01. The van der Waals surface area contributed by atoms with Crippen LogP contribution in [0.5, 0.6) is 0 Å². The molecule has 1 heterocycles. The molecule has 0 aliphatic rings. The van der Waals surface area contributed by atoms with Crippen molar-refractivity contribution in [3.05, 3.63) is 78.9 Å². The molecule has 3 aromatic carbocycles. The molecule has 124 valence electrons. The van der Waals surface area contributed by atoms with E-state index < -0.39 is 10.1 Å². The largest absolute Gasteiger partial charge is 0.294 e. The summed E-state index contributed by atoms with van der Waals surface area (Å²) in [6.07, 6.45) is 0. The SMILES string of the molecule is O=S(=O)(O)c1ccc2c(c1)nc(-c1ccccc1)n2-c1ccccc1. The lowest BCUT2D eigenvalue weighted by Gasteiger charge is -2.09. The molecule has 0 atom stereocenters. The van der Waals surface area contributed by atoms with Crippen molar-refractivity contribution in [2.45, 2.75) is 4.90 Å². The van der Waals surface area contributed by atoms with Gasteiger partial charge >= 0.3 is 0 Å². The number of fused-ring (bicyclic) bond motifs is 1. The second-order valence-corrected chi connectivity index (χ2v) is 7.02. The first-order valence-corrected chi connectivity index (χ1v) is 9.09. The smallest absolute Gasteiger partial charge is 0.292 e. The maximum Gasteiger partial charge on any atom is 0.294 e. The first-order valence-electron chi connectivity index (χ1n) is 7.65. The molecular weight excluding hydrogens is 336 g/mol. The highest BCUT2D eigenvalue weighted by atomic mass is 32.2. The highest BCUT2D eigenvalue weighted by Gasteiger charge is 2.17. The molecule has 0 bridgehead atoms. The molecule has 0 unspecified atom stereocenters. The summed E-state index contributed by atoms with van der Waals surface area (Å²) in [5, 5.41) is 0. The summed E-state index contributed by atoms with van der Waals surface area (Å²) in [5.74, 6) is 0.703. The highest BCUT2D eigenvalue weighted by molar-refractivity contribution is 7.85. The summed E-state index contributed by atoms with van der Waals surface area (Å²) >= 11 is 0. The zero-order valence-corrected chi connectivity index (χ0v) is 13.9. The van der Waals surface area contributed by atoms with E-state index in [9.17, 15) is 13.0 Å². The van der Waals surface area contributed by atoms with Crippen molar-refractivity contribution < 1.29 is 13.0 Å². The Hall–Kier alpha value is -2.96. The first-order chi connectivity index (χ1) is 12.0. The molecule has 0 amide bonds. The van der Waals surface area contributed by atoms with E-state index in [0.717, 1.165) is 16.8 Å². The van der Waals surface area contributed by atoms with E-state index in [1.54, 1.807) is 6.07 Å². The molecule has 6 heteroatoms. The zero-order chi connectivity index (χ0) is 17.4. The summed E-state index contributed by atoms with van der Waals surface area (Å²) in [6, 6.07) is 23.8. The van der Waals surface area contributed by atoms with Gasteiger partial charge in [0.1, 0.15) is 5.82 Å². The third-order valence-electron chi connectivity index (χ3n) is 3.97. The van der Waals surface area contributed by atoms with E-state index in [4.69, 9.17) is 0 Å². The predicted molar refractivity (Wildman–Crippen MR) is 96.3 cm³/mol. The van der Waals surface area contributed by atoms with Crippen LogP contribution in [0, 0.1) is 0 Å². The lowest BCUT2D eigenvalue weighted by atomic mass is 10.2. The highest BCUT2D eigenvalue weighted by Crippen LogP contribution is 2.29. The van der Waals surface area contributed by atoms with Crippen LogP contribution in [0.15, 0.2) is 83.8 Å². The van der Waals surface area contributed by atoms with Crippen LogP contribution < -0.4 is 0 Å². The Morgan fingerprint density at radius 1 is 0.840 bits per heavy atom. The van der Waals surface area contributed by atoms with Gasteiger partial charge < -0.3 is 0 Å². The van der Waals surface area contributed by atoms with Crippen LogP contribution in [-0.4, -0.2) is 22.5 Å². The normalized spacial score (nSPS) is 11.7. The van der Waals surface area contributed by atoms with Crippen LogP contribution in [0.3, 0.4) is 0 Å². The topological polar surface area (TPSA) is 72.2 Å². The molecule has 0 fully saturated rings. The fraction of sp³-hybridized carbons (Fsp3) is 0. The Labute approximate surface area is 144 Å². The van der Waals surface area contributed by atoms with E-state index in [2.05, 4.69) is 4.98 Å². The van der Waals surface area contributed by atoms with Crippen molar-refractivity contribution in [3.8, 4) is 17.1 Å². The Bertz CT molecular complexity index is 1150. The Morgan fingerprint density at radius 3 is 2.12 bits per heavy atom. The van der Waals surface area contributed by atoms with Crippen molar-refractivity contribution in [2.75, 3.05) is 0 Å². The fourth-order valence-electron chi connectivity index (χ4n) is 2.84. The van der Waals surface area contributed by atoms with Gasteiger partial charge in [0.2, 0.25) is 0 Å². The summed E-state index contributed by atoms with van der Waals surface area (Å²) < 4.78 is 34.1. The molecule has 1 N–H and O–H groups in total. The molecule has 1 aromatic heterocycles. The van der Waals surface area contributed by atoms with Crippen LogP contribution in [0.4, 0.5) is 0 Å².